The summed E-state index contributed by atoms with van der Waals surface area (Å²) in [4.78, 5) is 15.6. The summed E-state index contributed by atoms with van der Waals surface area (Å²) in [6.07, 6.45) is 1.91. The molecule has 2 aromatic carbocycles. The van der Waals surface area contributed by atoms with Gasteiger partial charge >= 0.3 is 0 Å². The van der Waals surface area contributed by atoms with Crippen LogP contribution < -0.4 is 18.9 Å². The first-order chi connectivity index (χ1) is 14.9. The highest BCUT2D eigenvalue weighted by Crippen LogP contribution is 2.38. The van der Waals surface area contributed by atoms with E-state index in [1.807, 2.05) is 38.1 Å². The van der Waals surface area contributed by atoms with Crippen LogP contribution in [0.4, 0.5) is 0 Å². The molecule has 0 bridgehead atoms. The van der Waals surface area contributed by atoms with E-state index < -0.39 is 0 Å². The number of aryl methyl sites for hydroxylation is 2. The van der Waals surface area contributed by atoms with E-state index in [0.29, 0.717) is 17.2 Å². The zero-order valence-electron chi connectivity index (χ0n) is 19.4. The van der Waals surface area contributed by atoms with Gasteiger partial charge in [0.2, 0.25) is 5.75 Å². The Kier molecular flexibility index (Phi) is 7.44. The van der Waals surface area contributed by atoms with Gasteiger partial charge in [-0.05, 0) is 74.2 Å². The minimum Gasteiger partial charge on any atom is -0.496 e. The first-order valence-corrected chi connectivity index (χ1v) is 10.6. The summed E-state index contributed by atoms with van der Waals surface area (Å²) in [5.74, 6) is 2.93. The van der Waals surface area contributed by atoms with Gasteiger partial charge in [-0.1, -0.05) is 0 Å². The van der Waals surface area contributed by atoms with E-state index >= 15 is 0 Å². The van der Waals surface area contributed by atoms with E-state index in [0.717, 1.165) is 60.5 Å². The fraction of sp³-hybridized carbons (Fsp3) is 0.480. The second-order valence-electron chi connectivity index (χ2n) is 8.12. The highest BCUT2D eigenvalue weighted by molar-refractivity contribution is 5.98. The Bertz CT molecular complexity index is 891. The molecule has 1 aliphatic heterocycles. The standard InChI is InChI=1S/C25H33NO5/c1-16-10-20(11-17(2)24(16)30-5)23(27)19-8-7-9-26(15-19)14-18-12-21(28-3)25(31-6)22(13-18)29-4/h10-13,19H,7-9,14-15H2,1-6H3/t19-/m0/s1. The Morgan fingerprint density at radius 2 is 1.48 bits per heavy atom. The average Bonchev–Trinajstić information content (AvgIpc) is 2.77. The summed E-state index contributed by atoms with van der Waals surface area (Å²) >= 11 is 0. The van der Waals surface area contributed by atoms with Crippen molar-refractivity contribution in [3.63, 3.8) is 0 Å². The van der Waals surface area contributed by atoms with Crippen molar-refractivity contribution in [3.8, 4) is 23.0 Å². The van der Waals surface area contributed by atoms with E-state index in [1.54, 1.807) is 28.4 Å². The van der Waals surface area contributed by atoms with Gasteiger partial charge in [0, 0.05) is 24.6 Å². The van der Waals surface area contributed by atoms with E-state index in [9.17, 15) is 4.79 Å². The molecule has 0 N–H and O–H groups in total. The number of likely N-dealkylation sites (tertiary alicyclic amines) is 1. The van der Waals surface area contributed by atoms with Gasteiger partial charge in [0.1, 0.15) is 5.75 Å². The monoisotopic (exact) mass is 427 g/mol. The molecule has 31 heavy (non-hydrogen) atoms. The number of carbonyl (C=O) groups excluding carboxylic acids is 1. The number of Topliss-reactive ketones (excluding diaryl/α,β-unsaturated/α-hetero) is 1. The number of methoxy groups -OCH3 is 4. The number of rotatable bonds is 8. The van der Waals surface area contributed by atoms with Gasteiger partial charge in [-0.3, -0.25) is 9.69 Å². The van der Waals surface area contributed by atoms with Crippen molar-refractivity contribution in [2.75, 3.05) is 41.5 Å². The second kappa shape index (κ2) is 10.1. The molecule has 1 fully saturated rings. The van der Waals surface area contributed by atoms with Crippen LogP contribution in [0.2, 0.25) is 0 Å². The molecule has 6 heteroatoms. The Labute approximate surface area is 185 Å². The Morgan fingerprint density at radius 1 is 0.903 bits per heavy atom. The van der Waals surface area contributed by atoms with Gasteiger partial charge in [0.25, 0.3) is 0 Å². The third kappa shape index (κ3) is 4.96. The number of carbonyl (C=O) groups is 1. The number of ketones is 1. The van der Waals surface area contributed by atoms with E-state index in [2.05, 4.69) is 4.90 Å². The number of benzene rings is 2. The first kappa shape index (κ1) is 22.9. The predicted octanol–water partition coefficient (Wildman–Crippen LogP) is 4.43. The molecule has 0 amide bonds. The fourth-order valence-corrected chi connectivity index (χ4v) is 4.55. The zero-order chi connectivity index (χ0) is 22.5. The molecule has 0 spiro atoms. The van der Waals surface area contributed by atoms with Crippen molar-refractivity contribution in [3.05, 3.63) is 46.5 Å². The maximum absolute atomic E-state index is 13.3. The number of nitrogens with zero attached hydrogens (tertiary/aromatic N) is 1. The molecule has 1 aliphatic rings. The van der Waals surface area contributed by atoms with Crippen molar-refractivity contribution in [2.24, 2.45) is 5.92 Å². The lowest BCUT2D eigenvalue weighted by molar-refractivity contribution is 0.0811. The van der Waals surface area contributed by atoms with E-state index in [4.69, 9.17) is 18.9 Å². The Hall–Kier alpha value is -2.73. The lowest BCUT2D eigenvalue weighted by Gasteiger charge is -2.32. The molecule has 6 nitrogen and oxygen atoms in total. The van der Waals surface area contributed by atoms with Gasteiger partial charge in [-0.25, -0.2) is 0 Å². The van der Waals surface area contributed by atoms with Crippen LogP contribution in [0.5, 0.6) is 23.0 Å². The highest BCUT2D eigenvalue weighted by atomic mass is 16.5. The molecule has 3 rings (SSSR count). The Balaban J connectivity index is 1.76. The zero-order valence-corrected chi connectivity index (χ0v) is 19.4. The van der Waals surface area contributed by atoms with Crippen molar-refractivity contribution in [1.29, 1.82) is 0 Å². The maximum Gasteiger partial charge on any atom is 0.203 e. The first-order valence-electron chi connectivity index (χ1n) is 10.6. The molecule has 2 aromatic rings. The molecule has 0 aliphatic carbocycles. The van der Waals surface area contributed by atoms with E-state index in [-0.39, 0.29) is 11.7 Å². The predicted molar refractivity (Wildman–Crippen MR) is 121 cm³/mol. The molecule has 0 aromatic heterocycles. The number of ether oxygens (including phenoxy) is 4. The van der Waals surface area contributed by atoms with Gasteiger partial charge in [-0.2, -0.15) is 0 Å². The number of hydrogen-bond donors (Lipinski definition) is 0. The summed E-state index contributed by atoms with van der Waals surface area (Å²) in [6.45, 7) is 6.39. The molecular weight excluding hydrogens is 394 g/mol. The molecule has 0 saturated carbocycles. The SMILES string of the molecule is COc1cc(CN2CCC[C@H](C(=O)c3cc(C)c(OC)c(C)c3)C2)cc(OC)c1OC. The second-order valence-corrected chi connectivity index (χ2v) is 8.12. The van der Waals surface area contributed by atoms with Crippen LogP contribution in [0.15, 0.2) is 24.3 Å². The summed E-state index contributed by atoms with van der Waals surface area (Å²) in [6, 6.07) is 7.85. The van der Waals surface area contributed by atoms with Gasteiger partial charge in [0.15, 0.2) is 17.3 Å². The highest BCUT2D eigenvalue weighted by Gasteiger charge is 2.28. The molecule has 168 valence electrons. The summed E-state index contributed by atoms with van der Waals surface area (Å²) < 4.78 is 21.8. The van der Waals surface area contributed by atoms with E-state index in [1.165, 1.54) is 0 Å². The fourth-order valence-electron chi connectivity index (χ4n) is 4.55. The summed E-state index contributed by atoms with van der Waals surface area (Å²) in [5, 5.41) is 0. The molecule has 1 atom stereocenters. The number of piperidine rings is 1. The lowest BCUT2D eigenvalue weighted by Crippen LogP contribution is -2.38. The Morgan fingerprint density at radius 3 is 2.00 bits per heavy atom. The quantitative estimate of drug-likeness (QED) is 0.581. The number of hydrogen-bond acceptors (Lipinski definition) is 6. The van der Waals surface area contributed by atoms with Crippen molar-refractivity contribution in [2.45, 2.75) is 33.2 Å². The minimum absolute atomic E-state index is 0.0111. The van der Waals surface area contributed by atoms with Crippen LogP contribution in [-0.2, 0) is 6.54 Å². The van der Waals surface area contributed by atoms with Crippen molar-refractivity contribution < 1.29 is 23.7 Å². The van der Waals surface area contributed by atoms with Crippen molar-refractivity contribution in [1.82, 2.24) is 4.90 Å². The molecule has 1 heterocycles. The third-order valence-electron chi connectivity index (χ3n) is 5.96. The van der Waals surface area contributed by atoms with Crippen LogP contribution in [0, 0.1) is 19.8 Å². The van der Waals surface area contributed by atoms with Gasteiger partial charge < -0.3 is 18.9 Å². The summed E-state index contributed by atoms with van der Waals surface area (Å²) in [7, 11) is 6.51. The normalized spacial score (nSPS) is 16.6. The van der Waals surface area contributed by atoms with Crippen molar-refractivity contribution >= 4 is 5.78 Å². The summed E-state index contributed by atoms with van der Waals surface area (Å²) in [5.41, 5.74) is 3.83. The van der Waals surface area contributed by atoms with Gasteiger partial charge in [-0.15, -0.1) is 0 Å². The van der Waals surface area contributed by atoms with Crippen LogP contribution in [0.1, 0.15) is 39.9 Å². The molecule has 0 radical (unpaired) electrons. The molecule has 0 unspecified atom stereocenters. The van der Waals surface area contributed by atoms with Gasteiger partial charge in [0.05, 0.1) is 28.4 Å². The van der Waals surface area contributed by atoms with Crippen LogP contribution in [0.25, 0.3) is 0 Å². The molecule has 1 saturated heterocycles. The largest absolute Gasteiger partial charge is 0.496 e. The minimum atomic E-state index is -0.0111. The smallest absolute Gasteiger partial charge is 0.203 e. The lowest BCUT2D eigenvalue weighted by atomic mass is 9.88. The van der Waals surface area contributed by atoms with Crippen LogP contribution in [0.3, 0.4) is 0 Å². The third-order valence-corrected chi connectivity index (χ3v) is 5.96. The average molecular weight is 428 g/mol. The van der Waals surface area contributed by atoms with Crippen LogP contribution in [-0.4, -0.2) is 52.2 Å². The topological polar surface area (TPSA) is 57.2 Å². The molecular formula is C25H33NO5. The van der Waals surface area contributed by atoms with Crippen LogP contribution >= 0.6 is 0 Å². The maximum atomic E-state index is 13.3.